The second-order valence-electron chi connectivity index (χ2n) is 7.88. The van der Waals surface area contributed by atoms with E-state index >= 15 is 0 Å². The Morgan fingerprint density at radius 1 is 1.31 bits per heavy atom. The van der Waals surface area contributed by atoms with E-state index in [1.165, 1.54) is 0 Å². The molecule has 0 amide bonds. The van der Waals surface area contributed by atoms with Crippen LogP contribution in [0.5, 0.6) is 0 Å². The maximum absolute atomic E-state index is 12.5. The Labute approximate surface area is 158 Å². The first-order chi connectivity index (χ1) is 12.5. The van der Waals surface area contributed by atoms with Gasteiger partial charge in [0.1, 0.15) is 0 Å². The number of carbonyl (C=O) groups excluding carboxylic acids is 1. The van der Waals surface area contributed by atoms with Gasteiger partial charge in [-0.3, -0.25) is 4.79 Å². The van der Waals surface area contributed by atoms with Crippen molar-refractivity contribution in [2.75, 3.05) is 36.5 Å². The van der Waals surface area contributed by atoms with E-state index in [-0.39, 0.29) is 17.2 Å². The number of fused-ring (bicyclic) bond motifs is 1. The predicted octanol–water partition coefficient (Wildman–Crippen LogP) is 3.62. The van der Waals surface area contributed by atoms with Crippen LogP contribution in [0.1, 0.15) is 35.6 Å². The van der Waals surface area contributed by atoms with E-state index < -0.39 is 0 Å². The van der Waals surface area contributed by atoms with Gasteiger partial charge in [0.2, 0.25) is 0 Å². The standard InChI is InChI=1S/C20H25N3O2S/c1-20(2)10-16-18(17(24)11-20)26-19(22-16)23-8-9-25-13-15(23)12-21-14-6-4-3-5-7-14/h3-7,15,21H,8-13H2,1-2H3. The fourth-order valence-electron chi connectivity index (χ4n) is 3.70. The molecule has 0 bridgehead atoms. The van der Waals surface area contributed by atoms with Crippen molar-refractivity contribution in [1.29, 1.82) is 0 Å². The average Bonchev–Trinajstić information content (AvgIpc) is 3.04. The molecule has 2 aliphatic rings. The van der Waals surface area contributed by atoms with Crippen molar-refractivity contribution >= 4 is 27.9 Å². The lowest BCUT2D eigenvalue weighted by Crippen LogP contribution is -2.49. The highest BCUT2D eigenvalue weighted by Gasteiger charge is 2.35. The highest BCUT2D eigenvalue weighted by Crippen LogP contribution is 2.39. The van der Waals surface area contributed by atoms with Crippen LogP contribution in [0, 0.1) is 5.41 Å². The summed E-state index contributed by atoms with van der Waals surface area (Å²) < 4.78 is 5.71. The van der Waals surface area contributed by atoms with Crippen molar-refractivity contribution in [2.24, 2.45) is 5.41 Å². The molecule has 1 N–H and O–H groups in total. The Balaban J connectivity index is 1.53. The van der Waals surface area contributed by atoms with E-state index in [1.807, 2.05) is 18.2 Å². The van der Waals surface area contributed by atoms with Gasteiger partial charge >= 0.3 is 0 Å². The lowest BCUT2D eigenvalue weighted by Gasteiger charge is -2.35. The normalized spacial score (nSPS) is 22.2. The number of ether oxygens (including phenoxy) is 1. The molecule has 6 heteroatoms. The number of hydrogen-bond acceptors (Lipinski definition) is 6. The van der Waals surface area contributed by atoms with E-state index in [1.54, 1.807) is 11.3 Å². The molecule has 1 unspecified atom stereocenters. The number of para-hydroxylation sites is 1. The number of carbonyl (C=O) groups is 1. The predicted molar refractivity (Wildman–Crippen MR) is 105 cm³/mol. The third kappa shape index (κ3) is 3.62. The van der Waals surface area contributed by atoms with E-state index in [9.17, 15) is 4.79 Å². The molecule has 0 saturated carbocycles. The number of anilines is 2. The zero-order valence-electron chi connectivity index (χ0n) is 15.3. The van der Waals surface area contributed by atoms with Crippen molar-refractivity contribution in [3.8, 4) is 0 Å². The minimum Gasteiger partial charge on any atom is -0.383 e. The Morgan fingerprint density at radius 3 is 2.92 bits per heavy atom. The summed E-state index contributed by atoms with van der Waals surface area (Å²) >= 11 is 1.56. The number of benzene rings is 1. The van der Waals surface area contributed by atoms with Gasteiger partial charge in [0, 0.05) is 25.2 Å². The van der Waals surface area contributed by atoms with Crippen LogP contribution in [-0.4, -0.2) is 43.1 Å². The highest BCUT2D eigenvalue weighted by molar-refractivity contribution is 7.17. The maximum atomic E-state index is 12.5. The Morgan fingerprint density at radius 2 is 2.12 bits per heavy atom. The summed E-state index contributed by atoms with van der Waals surface area (Å²) in [5.41, 5.74) is 2.09. The van der Waals surface area contributed by atoms with Crippen molar-refractivity contribution in [1.82, 2.24) is 4.98 Å². The number of hydrogen-bond donors (Lipinski definition) is 1. The fourth-order valence-corrected chi connectivity index (χ4v) is 4.82. The molecule has 26 heavy (non-hydrogen) atoms. The smallest absolute Gasteiger partial charge is 0.186 e. The molecule has 5 nitrogen and oxygen atoms in total. The fraction of sp³-hybridized carbons (Fsp3) is 0.500. The third-order valence-corrected chi connectivity index (χ3v) is 6.19. The summed E-state index contributed by atoms with van der Waals surface area (Å²) in [5, 5.41) is 4.45. The molecule has 1 aromatic carbocycles. The van der Waals surface area contributed by atoms with Crippen LogP contribution >= 0.6 is 11.3 Å². The Hall–Kier alpha value is -1.92. The van der Waals surface area contributed by atoms with Gasteiger partial charge in [0.15, 0.2) is 10.9 Å². The van der Waals surface area contributed by atoms with Crippen molar-refractivity contribution in [3.63, 3.8) is 0 Å². The number of rotatable bonds is 4. The molecule has 1 aromatic heterocycles. The number of nitrogens with one attached hydrogen (secondary N) is 1. The van der Waals surface area contributed by atoms with Crippen LogP contribution in [0.25, 0.3) is 0 Å². The third-order valence-electron chi connectivity index (χ3n) is 5.01. The molecule has 1 atom stereocenters. The van der Waals surface area contributed by atoms with E-state index in [0.717, 1.165) is 40.9 Å². The highest BCUT2D eigenvalue weighted by atomic mass is 32.1. The molecule has 2 heterocycles. The minimum atomic E-state index is 0.00863. The van der Waals surface area contributed by atoms with E-state index in [4.69, 9.17) is 9.72 Å². The molecular weight excluding hydrogens is 346 g/mol. The number of Topliss-reactive ketones (excluding diaryl/α,β-unsaturated/α-hetero) is 1. The number of thiazole rings is 1. The lowest BCUT2D eigenvalue weighted by atomic mass is 9.78. The summed E-state index contributed by atoms with van der Waals surface area (Å²) in [6.45, 7) is 7.26. The zero-order valence-corrected chi connectivity index (χ0v) is 16.1. The van der Waals surface area contributed by atoms with Gasteiger partial charge in [-0.15, -0.1) is 0 Å². The average molecular weight is 372 g/mol. The summed E-state index contributed by atoms with van der Waals surface area (Å²) in [4.78, 5) is 20.5. The first kappa shape index (κ1) is 17.5. The van der Waals surface area contributed by atoms with Crippen LogP contribution in [0.2, 0.25) is 0 Å². The van der Waals surface area contributed by atoms with Crippen LogP contribution in [0.4, 0.5) is 10.8 Å². The summed E-state index contributed by atoms with van der Waals surface area (Å²) in [6, 6.07) is 10.4. The Kier molecular flexibility index (Phi) is 4.71. The van der Waals surface area contributed by atoms with Gasteiger partial charge in [-0.25, -0.2) is 4.98 Å². The van der Waals surface area contributed by atoms with Gasteiger partial charge in [0.05, 0.1) is 29.8 Å². The van der Waals surface area contributed by atoms with Crippen LogP contribution in [-0.2, 0) is 11.2 Å². The molecule has 1 aliphatic carbocycles. The lowest BCUT2D eigenvalue weighted by molar-refractivity contribution is 0.0915. The number of nitrogens with zero attached hydrogens (tertiary/aromatic N) is 2. The van der Waals surface area contributed by atoms with E-state index in [2.05, 4.69) is 36.2 Å². The van der Waals surface area contributed by atoms with Gasteiger partial charge < -0.3 is 15.0 Å². The van der Waals surface area contributed by atoms with Crippen LogP contribution in [0.15, 0.2) is 30.3 Å². The summed E-state index contributed by atoms with van der Waals surface area (Å²) in [6.07, 6.45) is 1.49. The van der Waals surface area contributed by atoms with Crippen LogP contribution in [0.3, 0.4) is 0 Å². The largest absolute Gasteiger partial charge is 0.383 e. The van der Waals surface area contributed by atoms with Crippen molar-refractivity contribution in [2.45, 2.75) is 32.7 Å². The first-order valence-corrected chi connectivity index (χ1v) is 10.00. The minimum absolute atomic E-state index is 0.00863. The maximum Gasteiger partial charge on any atom is 0.186 e. The second kappa shape index (κ2) is 7.00. The monoisotopic (exact) mass is 371 g/mol. The topological polar surface area (TPSA) is 54.5 Å². The molecule has 1 saturated heterocycles. The number of morpholine rings is 1. The quantitative estimate of drug-likeness (QED) is 0.890. The van der Waals surface area contributed by atoms with Gasteiger partial charge in [-0.1, -0.05) is 43.4 Å². The molecule has 2 aromatic rings. The van der Waals surface area contributed by atoms with Gasteiger partial charge in [-0.2, -0.15) is 0 Å². The zero-order chi connectivity index (χ0) is 18.1. The number of aromatic nitrogens is 1. The molecule has 0 radical (unpaired) electrons. The van der Waals surface area contributed by atoms with Crippen LogP contribution < -0.4 is 10.2 Å². The summed E-state index contributed by atoms with van der Waals surface area (Å²) in [5.74, 6) is 0.243. The van der Waals surface area contributed by atoms with Crippen molar-refractivity contribution < 1.29 is 9.53 Å². The van der Waals surface area contributed by atoms with Gasteiger partial charge in [-0.05, 0) is 24.0 Å². The molecule has 138 valence electrons. The van der Waals surface area contributed by atoms with E-state index in [0.29, 0.717) is 19.6 Å². The number of ketones is 1. The first-order valence-electron chi connectivity index (χ1n) is 9.18. The van der Waals surface area contributed by atoms with Gasteiger partial charge in [0.25, 0.3) is 0 Å². The SMILES string of the molecule is CC1(C)CC(=O)c2sc(N3CCOCC3CNc3ccccc3)nc2C1. The Bertz CT molecular complexity index is 788. The summed E-state index contributed by atoms with van der Waals surface area (Å²) in [7, 11) is 0. The molecule has 0 spiro atoms. The molecule has 1 aliphatic heterocycles. The second-order valence-corrected chi connectivity index (χ2v) is 8.86. The van der Waals surface area contributed by atoms with Crippen molar-refractivity contribution in [3.05, 3.63) is 40.9 Å². The molecular formula is C20H25N3O2S. The molecule has 1 fully saturated rings. The molecule has 4 rings (SSSR count).